The van der Waals surface area contributed by atoms with Crippen LogP contribution in [-0.4, -0.2) is 21.9 Å². The van der Waals surface area contributed by atoms with Gasteiger partial charge in [-0.1, -0.05) is 13.8 Å². The third-order valence-corrected chi connectivity index (χ3v) is 5.97. The molecule has 2 aliphatic rings. The molecule has 3 rings (SSSR count). The summed E-state index contributed by atoms with van der Waals surface area (Å²) in [5.41, 5.74) is -0.0691. The molecular formula is C15H22O3. The van der Waals surface area contributed by atoms with Gasteiger partial charge in [-0.15, -0.1) is 0 Å². The lowest BCUT2D eigenvalue weighted by Gasteiger charge is -2.58. The molecule has 0 spiro atoms. The first-order valence-electron chi connectivity index (χ1n) is 7.05. The van der Waals surface area contributed by atoms with Crippen molar-refractivity contribution < 1.29 is 10.2 Å². The van der Waals surface area contributed by atoms with Gasteiger partial charge in [-0.25, -0.2) is 0 Å². The van der Waals surface area contributed by atoms with Crippen LogP contribution in [0.3, 0.4) is 0 Å². The SMILES string of the molecule is CC1CCC(O)C2(O)CCC(c3cc3=O)CC12C. The Hall–Kier alpha value is -0.670. The van der Waals surface area contributed by atoms with Crippen LogP contribution in [0, 0.1) is 11.3 Å². The Kier molecular flexibility index (Phi) is 2.52. The summed E-state index contributed by atoms with van der Waals surface area (Å²) in [4.78, 5) is 11.3. The lowest BCUT2D eigenvalue weighted by molar-refractivity contribution is -0.219. The van der Waals surface area contributed by atoms with Crippen LogP contribution >= 0.6 is 0 Å². The molecule has 18 heavy (non-hydrogen) atoms. The highest BCUT2D eigenvalue weighted by Crippen LogP contribution is 2.58. The van der Waals surface area contributed by atoms with Gasteiger partial charge in [0.25, 0.3) is 0 Å². The van der Waals surface area contributed by atoms with E-state index in [-0.39, 0.29) is 10.8 Å². The number of aliphatic hydroxyl groups is 2. The minimum Gasteiger partial charge on any atom is -0.390 e. The molecule has 0 heterocycles. The standard InChI is InChI=1S/C15H22O3/c1-9-3-4-13(17)15(18)6-5-10(8-14(9,15)2)11-7-12(11)16/h7,9-10,13,17-18H,3-6,8H2,1-2H3. The Balaban J connectivity index is 1.92. The highest BCUT2D eigenvalue weighted by molar-refractivity contribution is 5.30. The summed E-state index contributed by atoms with van der Waals surface area (Å²) < 4.78 is 0. The topological polar surface area (TPSA) is 57.5 Å². The van der Waals surface area contributed by atoms with Gasteiger partial charge in [0, 0.05) is 11.0 Å². The van der Waals surface area contributed by atoms with Gasteiger partial charge in [0.1, 0.15) is 0 Å². The summed E-state index contributed by atoms with van der Waals surface area (Å²) in [5.74, 6) is 0.693. The predicted molar refractivity (Wildman–Crippen MR) is 69.1 cm³/mol. The van der Waals surface area contributed by atoms with E-state index in [0.29, 0.717) is 24.7 Å². The molecule has 3 heteroatoms. The second-order valence-corrected chi connectivity index (χ2v) is 6.74. The molecule has 0 saturated heterocycles. The van der Waals surface area contributed by atoms with Crippen LogP contribution in [0.5, 0.6) is 0 Å². The zero-order valence-corrected chi connectivity index (χ0v) is 11.1. The molecule has 1 aromatic carbocycles. The fraction of sp³-hybridized carbons (Fsp3) is 0.800. The molecule has 2 aliphatic carbocycles. The van der Waals surface area contributed by atoms with Crippen LogP contribution in [0.1, 0.15) is 57.4 Å². The maximum Gasteiger partial charge on any atom is 0.182 e. The molecule has 100 valence electrons. The molecular weight excluding hydrogens is 228 g/mol. The Morgan fingerprint density at radius 2 is 2.00 bits per heavy atom. The van der Waals surface area contributed by atoms with Crippen molar-refractivity contribution in [3.05, 3.63) is 21.9 Å². The third kappa shape index (κ3) is 1.47. The van der Waals surface area contributed by atoms with E-state index in [1.54, 1.807) is 6.07 Å². The first kappa shape index (κ1) is 12.4. The summed E-state index contributed by atoms with van der Waals surface area (Å²) in [6.45, 7) is 4.27. The van der Waals surface area contributed by atoms with Gasteiger partial charge in [0.05, 0.1) is 11.7 Å². The minimum atomic E-state index is -0.959. The Morgan fingerprint density at radius 1 is 1.33 bits per heavy atom. The zero-order valence-electron chi connectivity index (χ0n) is 11.1. The van der Waals surface area contributed by atoms with Crippen molar-refractivity contribution in [2.75, 3.05) is 0 Å². The van der Waals surface area contributed by atoms with E-state index < -0.39 is 11.7 Å². The van der Waals surface area contributed by atoms with Gasteiger partial charge in [-0.3, -0.25) is 4.79 Å². The second-order valence-electron chi connectivity index (χ2n) is 6.74. The molecule has 5 unspecified atom stereocenters. The van der Waals surface area contributed by atoms with Crippen LogP contribution in [0.4, 0.5) is 0 Å². The molecule has 0 aliphatic heterocycles. The Bertz CT molecular complexity index is 473. The number of hydrogen-bond acceptors (Lipinski definition) is 3. The number of rotatable bonds is 1. The van der Waals surface area contributed by atoms with Crippen molar-refractivity contribution >= 4 is 0 Å². The van der Waals surface area contributed by atoms with E-state index in [2.05, 4.69) is 13.8 Å². The first-order chi connectivity index (χ1) is 8.38. The first-order valence-corrected chi connectivity index (χ1v) is 7.05. The fourth-order valence-electron chi connectivity index (χ4n) is 4.30. The summed E-state index contributed by atoms with van der Waals surface area (Å²) in [6, 6.07) is 1.72. The van der Waals surface area contributed by atoms with Gasteiger partial charge in [-0.2, -0.15) is 0 Å². The molecule has 2 fully saturated rings. The van der Waals surface area contributed by atoms with Crippen LogP contribution in [0.25, 0.3) is 0 Å². The number of fused-ring (bicyclic) bond motifs is 1. The highest BCUT2D eigenvalue weighted by Gasteiger charge is 2.59. The molecule has 0 amide bonds. The van der Waals surface area contributed by atoms with Crippen molar-refractivity contribution in [1.29, 1.82) is 0 Å². The average molecular weight is 250 g/mol. The van der Waals surface area contributed by atoms with E-state index in [1.807, 2.05) is 0 Å². The fourth-order valence-corrected chi connectivity index (χ4v) is 4.30. The Morgan fingerprint density at radius 3 is 2.61 bits per heavy atom. The van der Waals surface area contributed by atoms with Gasteiger partial charge in [0.15, 0.2) is 5.43 Å². The maximum atomic E-state index is 11.3. The lowest BCUT2D eigenvalue weighted by Crippen LogP contribution is -2.63. The predicted octanol–water partition coefficient (Wildman–Crippen LogP) is 1.72. The van der Waals surface area contributed by atoms with E-state index in [9.17, 15) is 15.0 Å². The second kappa shape index (κ2) is 3.67. The summed E-state index contributed by atoms with van der Waals surface area (Å²) in [6.07, 6.45) is 3.32. The van der Waals surface area contributed by atoms with Crippen LogP contribution in [-0.2, 0) is 0 Å². The van der Waals surface area contributed by atoms with Crippen molar-refractivity contribution in [2.45, 2.75) is 63.6 Å². The molecule has 2 N–H and O–H groups in total. The van der Waals surface area contributed by atoms with E-state index in [0.717, 1.165) is 24.8 Å². The minimum absolute atomic E-state index is 0.193. The number of hydrogen-bond donors (Lipinski definition) is 2. The van der Waals surface area contributed by atoms with Crippen LogP contribution in [0.2, 0.25) is 0 Å². The van der Waals surface area contributed by atoms with Gasteiger partial charge >= 0.3 is 0 Å². The molecule has 0 aromatic heterocycles. The zero-order chi connectivity index (χ0) is 13.1. The van der Waals surface area contributed by atoms with Gasteiger partial charge in [0.2, 0.25) is 0 Å². The van der Waals surface area contributed by atoms with E-state index in [4.69, 9.17) is 0 Å². The van der Waals surface area contributed by atoms with Gasteiger partial charge in [-0.05, 0) is 50.0 Å². The molecule has 1 aromatic rings. The maximum absolute atomic E-state index is 11.3. The van der Waals surface area contributed by atoms with Crippen molar-refractivity contribution in [3.63, 3.8) is 0 Å². The largest absolute Gasteiger partial charge is 0.390 e. The van der Waals surface area contributed by atoms with Crippen molar-refractivity contribution in [3.8, 4) is 0 Å². The van der Waals surface area contributed by atoms with Crippen molar-refractivity contribution in [2.24, 2.45) is 11.3 Å². The molecule has 3 nitrogen and oxygen atoms in total. The Labute approximate surface area is 108 Å². The average Bonchev–Trinajstić information content (AvgIpc) is 3.05. The normalized spacial score (nSPS) is 49.2. The van der Waals surface area contributed by atoms with E-state index >= 15 is 0 Å². The molecule has 0 radical (unpaired) electrons. The van der Waals surface area contributed by atoms with Crippen LogP contribution < -0.4 is 5.43 Å². The van der Waals surface area contributed by atoms with Gasteiger partial charge < -0.3 is 10.2 Å². The van der Waals surface area contributed by atoms with Crippen molar-refractivity contribution in [1.82, 2.24) is 0 Å². The highest BCUT2D eigenvalue weighted by atomic mass is 16.3. The molecule has 0 bridgehead atoms. The number of aliphatic hydroxyl groups excluding tert-OH is 1. The smallest absolute Gasteiger partial charge is 0.182 e. The van der Waals surface area contributed by atoms with E-state index in [1.165, 1.54) is 0 Å². The van der Waals surface area contributed by atoms with Crippen LogP contribution in [0.15, 0.2) is 10.9 Å². The summed E-state index contributed by atoms with van der Waals surface area (Å²) in [7, 11) is 0. The summed E-state index contributed by atoms with van der Waals surface area (Å²) >= 11 is 0. The summed E-state index contributed by atoms with van der Waals surface area (Å²) in [5, 5.41) is 21.1. The third-order valence-electron chi connectivity index (χ3n) is 5.97. The monoisotopic (exact) mass is 250 g/mol. The quantitative estimate of drug-likeness (QED) is 0.798. The molecule has 5 atom stereocenters. The molecule has 2 saturated carbocycles. The lowest BCUT2D eigenvalue weighted by atomic mass is 9.50.